The molecule has 0 spiro atoms. The van der Waals surface area contributed by atoms with Gasteiger partial charge < -0.3 is 10.2 Å². The highest BCUT2D eigenvalue weighted by molar-refractivity contribution is 5.53. The Morgan fingerprint density at radius 1 is 1.55 bits per heavy atom. The fourth-order valence-corrected chi connectivity index (χ4v) is 0.803. The van der Waals surface area contributed by atoms with Gasteiger partial charge in [0.1, 0.15) is 6.26 Å². The van der Waals surface area contributed by atoms with Gasteiger partial charge in [0, 0.05) is 0 Å². The van der Waals surface area contributed by atoms with E-state index >= 15 is 0 Å². The maximum Gasteiger partial charge on any atom is 0.239 e. The summed E-state index contributed by atoms with van der Waals surface area (Å²) < 4.78 is 4.85. The molecule has 0 aliphatic carbocycles. The van der Waals surface area contributed by atoms with Crippen LogP contribution < -0.4 is 5.73 Å². The van der Waals surface area contributed by atoms with E-state index in [2.05, 4.69) is 15.2 Å². The molecule has 2 heterocycles. The number of rotatable bonds is 1. The van der Waals surface area contributed by atoms with Crippen LogP contribution in [0.4, 0.5) is 5.95 Å². The third-order valence-electron chi connectivity index (χ3n) is 1.30. The molecule has 5 heteroatoms. The van der Waals surface area contributed by atoms with Gasteiger partial charge in [0.25, 0.3) is 0 Å². The summed E-state index contributed by atoms with van der Waals surface area (Å²) in [6.45, 7) is 0. The summed E-state index contributed by atoms with van der Waals surface area (Å²) in [6.07, 6.45) is 3.13. The van der Waals surface area contributed by atoms with E-state index < -0.39 is 0 Å². The third-order valence-corrected chi connectivity index (χ3v) is 1.30. The molecule has 11 heavy (non-hydrogen) atoms. The van der Waals surface area contributed by atoms with E-state index in [4.69, 9.17) is 10.2 Å². The van der Waals surface area contributed by atoms with Crippen molar-refractivity contribution in [1.82, 2.24) is 15.2 Å². The number of furan rings is 1. The quantitative estimate of drug-likeness (QED) is 0.625. The average Bonchev–Trinajstić information content (AvgIpc) is 2.55. The molecule has 0 unspecified atom stereocenters. The molecule has 0 aromatic carbocycles. The summed E-state index contributed by atoms with van der Waals surface area (Å²) in [5.74, 6) is 0.859. The first-order valence-corrected chi connectivity index (χ1v) is 3.07. The highest BCUT2D eigenvalue weighted by atomic mass is 16.3. The summed E-state index contributed by atoms with van der Waals surface area (Å²) in [4.78, 5) is 3.90. The Bertz CT molecular complexity index is 337. The lowest BCUT2D eigenvalue weighted by Crippen LogP contribution is -1.85. The summed E-state index contributed by atoms with van der Waals surface area (Å²) in [6, 6.07) is 1.78. The number of H-pyrrole nitrogens is 1. The molecule has 0 saturated carbocycles. The number of nitrogens with two attached hydrogens (primary N) is 1. The minimum absolute atomic E-state index is 0.237. The third kappa shape index (κ3) is 0.958. The van der Waals surface area contributed by atoms with Crippen molar-refractivity contribution >= 4 is 5.95 Å². The Hall–Kier alpha value is -1.78. The highest BCUT2D eigenvalue weighted by Crippen LogP contribution is 2.14. The second-order valence-corrected chi connectivity index (χ2v) is 2.05. The van der Waals surface area contributed by atoms with E-state index in [1.54, 1.807) is 18.6 Å². The Morgan fingerprint density at radius 3 is 3.00 bits per heavy atom. The van der Waals surface area contributed by atoms with Gasteiger partial charge in [-0.15, -0.1) is 5.10 Å². The van der Waals surface area contributed by atoms with Gasteiger partial charge in [-0.1, -0.05) is 0 Å². The SMILES string of the molecule is Nc1n[nH]c(-c2ccoc2)n1. The van der Waals surface area contributed by atoms with Crippen molar-refractivity contribution in [3.8, 4) is 11.4 Å². The number of aromatic amines is 1. The van der Waals surface area contributed by atoms with Crippen molar-refractivity contribution in [2.45, 2.75) is 0 Å². The van der Waals surface area contributed by atoms with Gasteiger partial charge in [-0.05, 0) is 6.07 Å². The molecule has 2 rings (SSSR count). The van der Waals surface area contributed by atoms with Crippen LogP contribution in [0.2, 0.25) is 0 Å². The lowest BCUT2D eigenvalue weighted by atomic mass is 10.3. The van der Waals surface area contributed by atoms with Crippen molar-refractivity contribution < 1.29 is 4.42 Å². The first kappa shape index (κ1) is 5.96. The average molecular weight is 150 g/mol. The van der Waals surface area contributed by atoms with E-state index in [0.717, 1.165) is 5.56 Å². The molecule has 0 aliphatic rings. The number of nitrogen functional groups attached to an aromatic ring is 1. The number of aromatic nitrogens is 3. The Morgan fingerprint density at radius 2 is 2.45 bits per heavy atom. The summed E-state index contributed by atoms with van der Waals surface area (Å²) in [5, 5.41) is 6.33. The minimum Gasteiger partial charge on any atom is -0.472 e. The normalized spacial score (nSPS) is 10.2. The topological polar surface area (TPSA) is 80.7 Å². The van der Waals surface area contributed by atoms with E-state index in [-0.39, 0.29) is 5.95 Å². The molecule has 56 valence electrons. The van der Waals surface area contributed by atoms with Gasteiger partial charge in [-0.2, -0.15) is 4.98 Å². The van der Waals surface area contributed by atoms with E-state index in [1.165, 1.54) is 0 Å². The van der Waals surface area contributed by atoms with Crippen molar-refractivity contribution in [3.05, 3.63) is 18.6 Å². The maximum absolute atomic E-state index is 5.30. The molecule has 2 aromatic heterocycles. The molecular weight excluding hydrogens is 144 g/mol. The number of nitrogens with zero attached hydrogens (tertiary/aromatic N) is 2. The van der Waals surface area contributed by atoms with Crippen LogP contribution in [-0.2, 0) is 0 Å². The van der Waals surface area contributed by atoms with Crippen LogP contribution in [-0.4, -0.2) is 15.2 Å². The number of anilines is 1. The van der Waals surface area contributed by atoms with Crippen LogP contribution in [0, 0.1) is 0 Å². The zero-order chi connectivity index (χ0) is 7.68. The van der Waals surface area contributed by atoms with Gasteiger partial charge in [0.2, 0.25) is 5.95 Å². The number of hydrogen-bond donors (Lipinski definition) is 2. The van der Waals surface area contributed by atoms with Crippen LogP contribution in [0.5, 0.6) is 0 Å². The predicted octanol–water partition coefficient (Wildman–Crippen LogP) is 0.647. The van der Waals surface area contributed by atoms with Gasteiger partial charge in [0.15, 0.2) is 5.82 Å². The van der Waals surface area contributed by atoms with Crippen molar-refractivity contribution in [3.63, 3.8) is 0 Å². The predicted molar refractivity (Wildman–Crippen MR) is 38.5 cm³/mol. The van der Waals surface area contributed by atoms with Gasteiger partial charge in [-0.3, -0.25) is 5.10 Å². The standard InChI is InChI=1S/C6H6N4O/c7-6-8-5(9-10-6)4-1-2-11-3-4/h1-3H,(H3,7,8,9,10). The lowest BCUT2D eigenvalue weighted by molar-refractivity contribution is 0.568. The van der Waals surface area contributed by atoms with E-state index in [9.17, 15) is 0 Å². The fourth-order valence-electron chi connectivity index (χ4n) is 0.803. The van der Waals surface area contributed by atoms with Crippen molar-refractivity contribution in [1.29, 1.82) is 0 Å². The van der Waals surface area contributed by atoms with Crippen LogP contribution in [0.25, 0.3) is 11.4 Å². The second kappa shape index (κ2) is 2.12. The Kier molecular flexibility index (Phi) is 1.15. The zero-order valence-corrected chi connectivity index (χ0v) is 5.61. The number of hydrogen-bond acceptors (Lipinski definition) is 4. The van der Waals surface area contributed by atoms with Gasteiger partial charge >= 0.3 is 0 Å². The van der Waals surface area contributed by atoms with E-state index in [1.807, 2.05) is 0 Å². The van der Waals surface area contributed by atoms with Crippen LogP contribution >= 0.6 is 0 Å². The Labute approximate surface area is 62.2 Å². The smallest absolute Gasteiger partial charge is 0.239 e. The minimum atomic E-state index is 0.237. The molecule has 0 amide bonds. The largest absolute Gasteiger partial charge is 0.472 e. The molecule has 0 bridgehead atoms. The van der Waals surface area contributed by atoms with Crippen LogP contribution in [0.1, 0.15) is 0 Å². The second-order valence-electron chi connectivity index (χ2n) is 2.05. The first-order chi connectivity index (χ1) is 5.36. The first-order valence-electron chi connectivity index (χ1n) is 3.07. The summed E-state index contributed by atoms with van der Waals surface area (Å²) in [5.41, 5.74) is 6.14. The summed E-state index contributed by atoms with van der Waals surface area (Å²) in [7, 11) is 0. The molecule has 0 atom stereocenters. The molecule has 2 aromatic rings. The monoisotopic (exact) mass is 150 g/mol. The molecule has 3 N–H and O–H groups in total. The molecule has 0 fully saturated rings. The fraction of sp³-hybridized carbons (Fsp3) is 0. The maximum atomic E-state index is 5.30. The zero-order valence-electron chi connectivity index (χ0n) is 5.61. The molecule has 0 radical (unpaired) electrons. The van der Waals surface area contributed by atoms with Crippen LogP contribution in [0.15, 0.2) is 23.0 Å². The van der Waals surface area contributed by atoms with E-state index in [0.29, 0.717) is 5.82 Å². The Balaban J connectivity index is 2.45. The highest BCUT2D eigenvalue weighted by Gasteiger charge is 2.02. The number of nitrogens with one attached hydrogen (secondary N) is 1. The van der Waals surface area contributed by atoms with Crippen LogP contribution in [0.3, 0.4) is 0 Å². The lowest BCUT2D eigenvalue weighted by Gasteiger charge is -1.82. The molecule has 0 aliphatic heterocycles. The summed E-state index contributed by atoms with van der Waals surface area (Å²) >= 11 is 0. The molecule has 5 nitrogen and oxygen atoms in total. The molecular formula is C6H6N4O. The van der Waals surface area contributed by atoms with Gasteiger partial charge in [0.05, 0.1) is 11.8 Å². The van der Waals surface area contributed by atoms with Crippen molar-refractivity contribution in [2.24, 2.45) is 0 Å². The van der Waals surface area contributed by atoms with Crippen molar-refractivity contribution in [2.75, 3.05) is 5.73 Å². The van der Waals surface area contributed by atoms with Gasteiger partial charge in [-0.25, -0.2) is 0 Å². The molecule has 0 saturated heterocycles.